The zero-order valence-corrected chi connectivity index (χ0v) is 17.4. The van der Waals surface area contributed by atoms with Crippen molar-refractivity contribution in [3.05, 3.63) is 88.5 Å². The molecule has 1 aliphatic heterocycles. The number of carbonyl (C=O) groups is 2. The molecule has 4 rings (SSSR count). The van der Waals surface area contributed by atoms with Gasteiger partial charge in [0.05, 0.1) is 5.92 Å². The first kappa shape index (κ1) is 22.4. The maximum Gasteiger partial charge on any atom is 0.573 e. The Morgan fingerprint density at radius 2 is 1.76 bits per heavy atom. The van der Waals surface area contributed by atoms with Crippen LogP contribution in [0.25, 0.3) is 0 Å². The van der Waals surface area contributed by atoms with Crippen LogP contribution in [0.3, 0.4) is 0 Å². The first-order valence-electron chi connectivity index (χ1n) is 10.2. The Hall–Kier alpha value is -3.75. The lowest BCUT2D eigenvalue weighted by Gasteiger charge is -2.32. The molecule has 0 radical (unpaired) electrons. The summed E-state index contributed by atoms with van der Waals surface area (Å²) >= 11 is 0. The van der Waals surface area contributed by atoms with Gasteiger partial charge in [-0.2, -0.15) is 0 Å². The number of carbonyl (C=O) groups excluding carboxylic acids is 2. The van der Waals surface area contributed by atoms with Crippen LogP contribution in [0.4, 0.5) is 13.2 Å². The van der Waals surface area contributed by atoms with Gasteiger partial charge >= 0.3 is 12.3 Å². The summed E-state index contributed by atoms with van der Waals surface area (Å²) in [4.78, 5) is 25.8. The van der Waals surface area contributed by atoms with E-state index in [1.54, 1.807) is 24.3 Å². The smallest absolute Gasteiger partial charge is 0.457 e. The van der Waals surface area contributed by atoms with Gasteiger partial charge in [0.15, 0.2) is 5.78 Å². The predicted molar refractivity (Wildman–Crippen MR) is 110 cm³/mol. The van der Waals surface area contributed by atoms with E-state index in [2.05, 4.69) is 4.74 Å². The number of esters is 1. The molecule has 2 N–H and O–H groups in total. The highest BCUT2D eigenvalue weighted by Gasteiger charge is 2.41. The van der Waals surface area contributed by atoms with Crippen molar-refractivity contribution >= 4 is 11.8 Å². The third kappa shape index (κ3) is 5.02. The summed E-state index contributed by atoms with van der Waals surface area (Å²) in [6.45, 7) is -0.0264. The Balaban J connectivity index is 1.68. The molecule has 2 aromatic rings. The highest BCUT2D eigenvalue weighted by molar-refractivity contribution is 6.03. The lowest BCUT2D eigenvalue weighted by Crippen LogP contribution is -2.31. The number of nitrogens with two attached hydrogens (primary N) is 1. The summed E-state index contributed by atoms with van der Waals surface area (Å²) in [5.74, 6) is -2.16. The van der Waals surface area contributed by atoms with Crippen LogP contribution in [0.2, 0.25) is 0 Å². The van der Waals surface area contributed by atoms with Crippen molar-refractivity contribution in [3.63, 3.8) is 0 Å². The number of ketones is 1. The molecule has 0 saturated carbocycles. The molecule has 33 heavy (non-hydrogen) atoms. The molecule has 0 saturated heterocycles. The summed E-state index contributed by atoms with van der Waals surface area (Å²) < 4.78 is 52.6. The summed E-state index contributed by atoms with van der Waals surface area (Å²) in [6, 6.07) is 13.9. The van der Waals surface area contributed by atoms with Gasteiger partial charge in [-0.3, -0.25) is 4.79 Å². The number of ether oxygens (including phenoxy) is 3. The fourth-order valence-electron chi connectivity index (χ4n) is 3.95. The van der Waals surface area contributed by atoms with Crippen LogP contribution in [0.15, 0.2) is 77.4 Å². The third-order valence-electron chi connectivity index (χ3n) is 5.36. The first-order chi connectivity index (χ1) is 15.7. The molecule has 172 valence electrons. The Morgan fingerprint density at radius 3 is 2.42 bits per heavy atom. The third-order valence-corrected chi connectivity index (χ3v) is 5.36. The van der Waals surface area contributed by atoms with Crippen LogP contribution in [-0.4, -0.2) is 18.1 Å². The number of hydrogen-bond donors (Lipinski definition) is 1. The van der Waals surface area contributed by atoms with Crippen LogP contribution in [0.5, 0.6) is 5.75 Å². The van der Waals surface area contributed by atoms with Crippen molar-refractivity contribution in [2.75, 3.05) is 0 Å². The molecule has 2 aromatic carbocycles. The number of benzene rings is 2. The van der Waals surface area contributed by atoms with Gasteiger partial charge in [0, 0.05) is 18.4 Å². The second-order valence-corrected chi connectivity index (χ2v) is 7.61. The van der Waals surface area contributed by atoms with Crippen molar-refractivity contribution in [3.8, 4) is 5.75 Å². The van der Waals surface area contributed by atoms with E-state index in [0.29, 0.717) is 24.2 Å². The van der Waals surface area contributed by atoms with Gasteiger partial charge in [0.25, 0.3) is 0 Å². The van der Waals surface area contributed by atoms with E-state index in [4.69, 9.17) is 15.2 Å². The van der Waals surface area contributed by atoms with E-state index < -0.39 is 24.0 Å². The molecule has 1 heterocycles. The Morgan fingerprint density at radius 1 is 1.06 bits per heavy atom. The molecular weight excluding hydrogens is 439 g/mol. The molecule has 1 atom stereocenters. The summed E-state index contributed by atoms with van der Waals surface area (Å²) in [5, 5.41) is 0. The van der Waals surface area contributed by atoms with E-state index in [9.17, 15) is 22.8 Å². The maximum absolute atomic E-state index is 13.1. The lowest BCUT2D eigenvalue weighted by molar-refractivity contribution is -0.274. The minimum absolute atomic E-state index is 0.0264. The molecule has 0 bridgehead atoms. The van der Waals surface area contributed by atoms with E-state index in [-0.39, 0.29) is 35.8 Å². The van der Waals surface area contributed by atoms with Crippen LogP contribution in [0.1, 0.15) is 36.3 Å². The molecule has 9 heteroatoms. The standard InChI is InChI=1S/C24H20F3NO5/c25-24(26,27)33-16-11-9-15(10-12-16)19-20-17(29)7-4-8-18(20)32-22(28)21(19)23(30)31-13-14-5-2-1-3-6-14/h1-3,5-6,9-12,19H,4,7-8,13,28H2/t19-/m0/s1. The van der Waals surface area contributed by atoms with Gasteiger partial charge in [-0.1, -0.05) is 42.5 Å². The Kier molecular flexibility index (Phi) is 6.13. The van der Waals surface area contributed by atoms with Gasteiger partial charge < -0.3 is 19.9 Å². The Labute approximate surface area is 187 Å². The normalized spacial score (nSPS) is 18.5. The highest BCUT2D eigenvalue weighted by atomic mass is 19.4. The number of Topliss-reactive ketones (excluding diaryl/α,β-unsaturated/α-hetero) is 1. The number of hydrogen-bond acceptors (Lipinski definition) is 6. The van der Waals surface area contributed by atoms with Crippen LogP contribution in [-0.2, 0) is 25.7 Å². The van der Waals surface area contributed by atoms with E-state index in [1.807, 2.05) is 6.07 Å². The molecule has 2 aliphatic rings. The maximum atomic E-state index is 13.1. The summed E-state index contributed by atoms with van der Waals surface area (Å²) in [7, 11) is 0. The molecule has 6 nitrogen and oxygen atoms in total. The zero-order valence-electron chi connectivity index (χ0n) is 17.4. The largest absolute Gasteiger partial charge is 0.573 e. The summed E-state index contributed by atoms with van der Waals surface area (Å²) in [6.07, 6.45) is -3.55. The van der Waals surface area contributed by atoms with Crippen molar-refractivity contribution in [2.24, 2.45) is 5.73 Å². The molecular formula is C24H20F3NO5. The van der Waals surface area contributed by atoms with Gasteiger partial charge in [-0.05, 0) is 29.7 Å². The number of alkyl halides is 3. The van der Waals surface area contributed by atoms with Crippen molar-refractivity contribution < 1.29 is 37.0 Å². The Bertz CT molecular complexity index is 1120. The van der Waals surface area contributed by atoms with Crippen LogP contribution >= 0.6 is 0 Å². The molecule has 0 unspecified atom stereocenters. The number of rotatable bonds is 5. The van der Waals surface area contributed by atoms with E-state index in [0.717, 1.165) is 17.7 Å². The fourth-order valence-corrected chi connectivity index (χ4v) is 3.95. The second kappa shape index (κ2) is 9.01. The molecule has 0 spiro atoms. The SMILES string of the molecule is NC1=C(C(=O)OCc2ccccc2)[C@@H](c2ccc(OC(F)(F)F)cc2)C2=C(CCCC2=O)O1. The predicted octanol–water partition coefficient (Wildman–Crippen LogP) is 4.62. The number of allylic oxidation sites excluding steroid dienone is 2. The first-order valence-corrected chi connectivity index (χ1v) is 10.2. The zero-order chi connectivity index (χ0) is 23.6. The van der Waals surface area contributed by atoms with Crippen LogP contribution < -0.4 is 10.5 Å². The van der Waals surface area contributed by atoms with Gasteiger partial charge in [-0.15, -0.1) is 13.2 Å². The van der Waals surface area contributed by atoms with E-state index in [1.165, 1.54) is 12.1 Å². The highest BCUT2D eigenvalue weighted by Crippen LogP contribution is 2.44. The van der Waals surface area contributed by atoms with Gasteiger partial charge in [0.2, 0.25) is 5.88 Å². The molecule has 1 aliphatic carbocycles. The lowest BCUT2D eigenvalue weighted by atomic mass is 9.77. The van der Waals surface area contributed by atoms with Crippen LogP contribution in [0, 0.1) is 0 Å². The topological polar surface area (TPSA) is 87.9 Å². The average molecular weight is 459 g/mol. The van der Waals surface area contributed by atoms with Gasteiger partial charge in [-0.25, -0.2) is 4.79 Å². The van der Waals surface area contributed by atoms with E-state index >= 15 is 0 Å². The molecule has 0 fully saturated rings. The monoisotopic (exact) mass is 459 g/mol. The molecule has 0 aromatic heterocycles. The summed E-state index contributed by atoms with van der Waals surface area (Å²) in [5.41, 5.74) is 7.43. The van der Waals surface area contributed by atoms with Crippen molar-refractivity contribution in [1.29, 1.82) is 0 Å². The quantitative estimate of drug-likeness (QED) is 0.657. The van der Waals surface area contributed by atoms with Gasteiger partial charge in [0.1, 0.15) is 23.7 Å². The minimum Gasteiger partial charge on any atom is -0.457 e. The van der Waals surface area contributed by atoms with Crippen molar-refractivity contribution in [1.82, 2.24) is 0 Å². The number of halogens is 3. The fraction of sp³-hybridized carbons (Fsp3) is 0.250. The minimum atomic E-state index is -4.84. The molecule has 0 amide bonds. The van der Waals surface area contributed by atoms with Crippen molar-refractivity contribution in [2.45, 2.75) is 38.1 Å². The second-order valence-electron chi connectivity index (χ2n) is 7.61. The average Bonchev–Trinajstić information content (AvgIpc) is 2.77.